The second-order valence-corrected chi connectivity index (χ2v) is 11.3. The van der Waals surface area contributed by atoms with Gasteiger partial charge in [0.05, 0.1) is 18.1 Å². The van der Waals surface area contributed by atoms with Crippen LogP contribution in [-0.4, -0.2) is 79.0 Å². The molecule has 10 heteroatoms. The molecule has 0 radical (unpaired) electrons. The number of H-pyrrole nitrogens is 1. The van der Waals surface area contributed by atoms with Crippen molar-refractivity contribution in [2.24, 2.45) is 0 Å². The second kappa shape index (κ2) is 9.41. The molecular weight excluding hydrogens is 507 g/mol. The molecule has 1 fully saturated rings. The Morgan fingerprint density at radius 2 is 1.93 bits per heavy atom. The fourth-order valence-electron chi connectivity index (χ4n) is 6.05. The van der Waals surface area contributed by atoms with Crippen molar-refractivity contribution < 1.29 is 9.18 Å². The molecule has 4 aromatic heterocycles. The van der Waals surface area contributed by atoms with Gasteiger partial charge < -0.3 is 20.1 Å². The van der Waals surface area contributed by atoms with Crippen LogP contribution in [0.3, 0.4) is 0 Å². The van der Waals surface area contributed by atoms with Crippen molar-refractivity contribution >= 4 is 28.3 Å². The number of carbonyl (C=O) groups is 1. The van der Waals surface area contributed by atoms with Crippen molar-refractivity contribution in [3.8, 4) is 11.3 Å². The number of hydrogen-bond donors (Lipinski definition) is 2. The lowest BCUT2D eigenvalue weighted by molar-refractivity contribution is 0.0666. The van der Waals surface area contributed by atoms with E-state index < -0.39 is 5.82 Å². The number of anilines is 1. The summed E-state index contributed by atoms with van der Waals surface area (Å²) in [5.74, 6) is 0.165. The fraction of sp³-hybridized carbons (Fsp3) is 0.333. The summed E-state index contributed by atoms with van der Waals surface area (Å²) in [6, 6.07) is 11.7. The first-order chi connectivity index (χ1) is 19.4. The Hall–Kier alpha value is -4.31. The van der Waals surface area contributed by atoms with Gasteiger partial charge in [-0.2, -0.15) is 9.61 Å². The van der Waals surface area contributed by atoms with Crippen LogP contribution in [0, 0.1) is 5.82 Å². The summed E-state index contributed by atoms with van der Waals surface area (Å²) in [5.41, 5.74) is 5.43. The molecule has 7 rings (SSSR count). The smallest absolute Gasteiger partial charge is 0.259 e. The van der Waals surface area contributed by atoms with Gasteiger partial charge >= 0.3 is 0 Å². The van der Waals surface area contributed by atoms with Crippen LogP contribution >= 0.6 is 0 Å². The maximum atomic E-state index is 14.2. The van der Waals surface area contributed by atoms with E-state index in [9.17, 15) is 9.18 Å². The van der Waals surface area contributed by atoms with E-state index in [1.54, 1.807) is 16.9 Å². The lowest BCUT2D eigenvalue weighted by atomic mass is 9.81. The Morgan fingerprint density at radius 1 is 1.10 bits per heavy atom. The molecule has 1 aliphatic heterocycles. The minimum Gasteiger partial charge on any atom is -0.364 e. The van der Waals surface area contributed by atoms with E-state index in [1.165, 1.54) is 28.9 Å². The number of nitrogens with zero attached hydrogens (tertiary/aromatic N) is 6. The van der Waals surface area contributed by atoms with Gasteiger partial charge in [0.1, 0.15) is 17.2 Å². The highest BCUT2D eigenvalue weighted by molar-refractivity contribution is 6.00. The summed E-state index contributed by atoms with van der Waals surface area (Å²) >= 11 is 0. The number of amides is 1. The number of para-hydroxylation sites is 1. The molecule has 9 nitrogen and oxygen atoms in total. The molecule has 0 bridgehead atoms. The van der Waals surface area contributed by atoms with Crippen molar-refractivity contribution in [3.05, 3.63) is 77.6 Å². The van der Waals surface area contributed by atoms with Crippen molar-refractivity contribution in [2.45, 2.75) is 31.7 Å². The van der Waals surface area contributed by atoms with Crippen molar-refractivity contribution in [3.63, 3.8) is 0 Å². The summed E-state index contributed by atoms with van der Waals surface area (Å²) in [4.78, 5) is 30.1. The first-order valence-electron chi connectivity index (χ1n) is 13.7. The second-order valence-electron chi connectivity index (χ2n) is 11.3. The number of rotatable bonds is 4. The molecule has 1 amide bonds. The molecule has 1 aliphatic carbocycles. The van der Waals surface area contributed by atoms with Crippen LogP contribution < -0.4 is 5.32 Å². The van der Waals surface area contributed by atoms with Gasteiger partial charge in [-0.25, -0.2) is 9.37 Å². The molecule has 1 atom stereocenters. The predicted molar refractivity (Wildman–Crippen MR) is 152 cm³/mol. The van der Waals surface area contributed by atoms with Gasteiger partial charge in [-0.1, -0.05) is 18.2 Å². The quantitative estimate of drug-likeness (QED) is 0.357. The van der Waals surface area contributed by atoms with Crippen LogP contribution in [0.5, 0.6) is 0 Å². The Labute approximate surface area is 231 Å². The highest BCUT2D eigenvalue weighted by atomic mass is 19.1. The number of pyridine rings is 1. The standard InChI is InChI=1S/C30H31FN8O/c1-30(8-7-25-22(15-30)21-5-3-4-6-24(21)34-25)36-27-14-26(19-13-20(31)17-32-16-19)35-28-23(18-33-39(27)28)29(40)38-11-9-37(2)10-12-38/h3-6,13-14,16-18,34,36H,7-12,15H2,1-2H3/t30-/m0/s1. The summed E-state index contributed by atoms with van der Waals surface area (Å²) in [5, 5.41) is 9.63. The Bertz CT molecular complexity index is 1750. The van der Waals surface area contributed by atoms with E-state index in [1.807, 2.05) is 11.0 Å². The third-order valence-corrected chi connectivity index (χ3v) is 8.32. The number of nitrogens with one attached hydrogen (secondary N) is 2. The fourth-order valence-corrected chi connectivity index (χ4v) is 6.05. The highest BCUT2D eigenvalue weighted by Gasteiger charge is 2.33. The van der Waals surface area contributed by atoms with Crippen molar-refractivity contribution in [1.82, 2.24) is 34.4 Å². The third-order valence-electron chi connectivity index (χ3n) is 8.32. The van der Waals surface area contributed by atoms with Crippen LogP contribution in [0.25, 0.3) is 27.8 Å². The zero-order valence-electron chi connectivity index (χ0n) is 22.6. The maximum Gasteiger partial charge on any atom is 0.259 e. The van der Waals surface area contributed by atoms with Crippen LogP contribution in [0.1, 0.15) is 35.0 Å². The number of aromatic amines is 1. The molecular formula is C30H31FN8O. The molecule has 204 valence electrons. The average molecular weight is 539 g/mol. The van der Waals surface area contributed by atoms with Crippen LogP contribution in [0.15, 0.2) is 55.0 Å². The van der Waals surface area contributed by atoms with Gasteiger partial charge in [-0.15, -0.1) is 0 Å². The summed E-state index contributed by atoms with van der Waals surface area (Å²) in [6.07, 6.45) is 7.00. The number of aromatic nitrogens is 5. The van der Waals surface area contributed by atoms with Gasteiger partial charge in [0.25, 0.3) is 5.91 Å². The molecule has 0 unspecified atom stereocenters. The molecule has 2 N–H and O–H groups in total. The van der Waals surface area contributed by atoms with Crippen LogP contribution in [0.2, 0.25) is 0 Å². The molecule has 5 aromatic rings. The number of carbonyl (C=O) groups excluding carboxylic acids is 1. The topological polar surface area (TPSA) is 94.4 Å². The van der Waals surface area contributed by atoms with Gasteiger partial charge in [0.15, 0.2) is 5.65 Å². The van der Waals surface area contributed by atoms with Crippen molar-refractivity contribution in [1.29, 1.82) is 0 Å². The zero-order valence-corrected chi connectivity index (χ0v) is 22.6. The number of fused-ring (bicyclic) bond motifs is 4. The zero-order chi connectivity index (χ0) is 27.4. The van der Waals surface area contributed by atoms with Crippen LogP contribution in [-0.2, 0) is 12.8 Å². The van der Waals surface area contributed by atoms with Gasteiger partial charge in [0, 0.05) is 66.1 Å². The van der Waals surface area contributed by atoms with E-state index in [4.69, 9.17) is 4.98 Å². The number of likely N-dealkylation sites (N-methyl/N-ethyl adjacent to an activating group) is 1. The van der Waals surface area contributed by atoms with Crippen molar-refractivity contribution in [2.75, 3.05) is 38.5 Å². The first-order valence-corrected chi connectivity index (χ1v) is 13.7. The SMILES string of the molecule is CN1CCN(C(=O)c2cnn3c(N[C@@]4(C)CCc5[nH]c6ccccc6c5C4)cc(-c4cncc(F)c4)nc23)CC1. The summed E-state index contributed by atoms with van der Waals surface area (Å²) < 4.78 is 15.9. The number of benzene rings is 1. The summed E-state index contributed by atoms with van der Waals surface area (Å²) in [6.45, 7) is 5.15. The number of piperazine rings is 1. The van der Waals surface area contributed by atoms with Gasteiger partial charge in [-0.3, -0.25) is 9.78 Å². The molecule has 40 heavy (non-hydrogen) atoms. The van der Waals surface area contributed by atoms with Gasteiger partial charge in [-0.05, 0) is 50.9 Å². The predicted octanol–water partition coefficient (Wildman–Crippen LogP) is 4.16. The van der Waals surface area contributed by atoms with E-state index >= 15 is 0 Å². The maximum absolute atomic E-state index is 14.2. The van der Waals surface area contributed by atoms with E-state index in [0.29, 0.717) is 41.4 Å². The number of halogens is 1. The van der Waals surface area contributed by atoms with E-state index in [-0.39, 0.29) is 11.4 Å². The molecule has 2 aliphatic rings. The molecule has 1 saturated heterocycles. The molecule has 0 spiro atoms. The lowest BCUT2D eigenvalue weighted by Crippen LogP contribution is -2.47. The molecule has 1 aromatic carbocycles. The highest BCUT2D eigenvalue weighted by Crippen LogP contribution is 2.36. The van der Waals surface area contributed by atoms with E-state index in [0.717, 1.165) is 37.9 Å². The monoisotopic (exact) mass is 538 g/mol. The van der Waals surface area contributed by atoms with E-state index in [2.05, 4.69) is 63.5 Å². The lowest BCUT2D eigenvalue weighted by Gasteiger charge is -2.36. The Kier molecular flexibility index (Phi) is 5.81. The Balaban J connectivity index is 1.30. The molecule has 5 heterocycles. The number of hydrogen-bond acceptors (Lipinski definition) is 6. The number of aryl methyl sites for hydroxylation is 1. The minimum atomic E-state index is -0.443. The summed E-state index contributed by atoms with van der Waals surface area (Å²) in [7, 11) is 2.06. The average Bonchev–Trinajstić information content (AvgIpc) is 3.54. The minimum absolute atomic E-state index is 0.0941. The third kappa shape index (κ3) is 4.28. The Morgan fingerprint density at radius 3 is 2.75 bits per heavy atom. The molecule has 0 saturated carbocycles. The normalized spacial score (nSPS) is 19.7. The first kappa shape index (κ1) is 24.7. The van der Waals surface area contributed by atoms with Crippen LogP contribution in [0.4, 0.5) is 10.2 Å². The largest absolute Gasteiger partial charge is 0.364 e. The van der Waals surface area contributed by atoms with Gasteiger partial charge in [0.2, 0.25) is 0 Å².